The Hall–Kier alpha value is -6.32. The van der Waals surface area contributed by atoms with Gasteiger partial charge in [0.1, 0.15) is 18.3 Å². The summed E-state index contributed by atoms with van der Waals surface area (Å²) in [6.45, 7) is 0. The topological polar surface area (TPSA) is 158 Å². The van der Waals surface area contributed by atoms with Crippen molar-refractivity contribution >= 4 is 39.8 Å². The third-order valence-corrected chi connectivity index (χ3v) is 8.84. The van der Waals surface area contributed by atoms with Crippen LogP contribution in [0.1, 0.15) is 33.8 Å². The maximum absolute atomic E-state index is 6.88. The number of hydrogen-bond acceptors (Lipinski definition) is 15. The number of hydroxylamine groups is 2. The Bertz CT molecular complexity index is 2180. The lowest BCUT2D eigenvalue weighted by atomic mass is 9.64. The predicted molar refractivity (Wildman–Crippen MR) is 166 cm³/mol. The fourth-order valence-corrected chi connectivity index (χ4v) is 7.08. The lowest BCUT2D eigenvalue weighted by Crippen LogP contribution is -2.50. The van der Waals surface area contributed by atoms with Gasteiger partial charge in [0.15, 0.2) is 11.4 Å². The molecule has 8 heterocycles. The molecule has 0 bridgehead atoms. The molecule has 7 aromatic heterocycles. The van der Waals surface area contributed by atoms with Gasteiger partial charge >= 0.3 is 0 Å². The summed E-state index contributed by atoms with van der Waals surface area (Å²) in [7, 11) is 0. The van der Waals surface area contributed by atoms with Crippen LogP contribution in [0.4, 0.5) is 11.8 Å². The SMILES string of the molecule is c1ccc(C23C(=C(c4cccs4)C(c4ccco4)=C(c4ncco4)C2c2ccon2)N(c2ccnnn2)ON3c2ncccn2)nc1. The molecule has 0 amide bonds. The highest BCUT2D eigenvalue weighted by molar-refractivity contribution is 7.11. The number of thiophene rings is 1. The van der Waals surface area contributed by atoms with Gasteiger partial charge in [0.05, 0.1) is 41.7 Å². The number of oxazole rings is 1. The fraction of sp³-hybridized carbons (Fsp3) is 0.0625. The number of pyridine rings is 1. The smallest absolute Gasteiger partial charge is 0.253 e. The second-order valence-electron chi connectivity index (χ2n) is 10.3. The molecule has 0 N–H and O–H groups in total. The second-order valence-corrected chi connectivity index (χ2v) is 11.3. The Morgan fingerprint density at radius 1 is 0.766 bits per heavy atom. The molecule has 1 saturated heterocycles. The van der Waals surface area contributed by atoms with Crippen LogP contribution in [-0.4, -0.2) is 40.5 Å². The monoisotopic (exact) mass is 640 g/mol. The molecule has 228 valence electrons. The highest BCUT2D eigenvalue weighted by atomic mass is 32.1. The molecule has 0 spiro atoms. The van der Waals surface area contributed by atoms with Crippen LogP contribution in [0.3, 0.4) is 0 Å². The first-order valence-corrected chi connectivity index (χ1v) is 15.2. The zero-order valence-corrected chi connectivity index (χ0v) is 24.9. The molecule has 47 heavy (non-hydrogen) atoms. The van der Waals surface area contributed by atoms with Crippen molar-refractivity contribution in [2.45, 2.75) is 11.5 Å². The van der Waals surface area contributed by atoms with Crippen molar-refractivity contribution in [2.75, 3.05) is 10.1 Å². The highest BCUT2D eigenvalue weighted by Crippen LogP contribution is 2.65. The van der Waals surface area contributed by atoms with Crippen LogP contribution < -0.4 is 10.1 Å². The number of anilines is 2. The highest BCUT2D eigenvalue weighted by Gasteiger charge is 2.66. The van der Waals surface area contributed by atoms with E-state index in [1.807, 2.05) is 47.8 Å². The van der Waals surface area contributed by atoms with Crippen LogP contribution in [-0.2, 0) is 10.5 Å². The summed E-state index contributed by atoms with van der Waals surface area (Å²) < 4.78 is 17.8. The summed E-state index contributed by atoms with van der Waals surface area (Å²) >= 11 is 1.55. The summed E-state index contributed by atoms with van der Waals surface area (Å²) in [5.74, 6) is 0.709. The van der Waals surface area contributed by atoms with Gasteiger partial charge in [0.2, 0.25) is 5.89 Å². The zero-order valence-electron chi connectivity index (χ0n) is 24.1. The first-order valence-electron chi connectivity index (χ1n) is 14.3. The van der Waals surface area contributed by atoms with E-state index in [9.17, 15) is 0 Å². The maximum Gasteiger partial charge on any atom is 0.253 e. The summed E-state index contributed by atoms with van der Waals surface area (Å²) in [5.41, 5.74) is 2.40. The van der Waals surface area contributed by atoms with E-state index >= 15 is 0 Å². The quantitative estimate of drug-likeness (QED) is 0.213. The van der Waals surface area contributed by atoms with Crippen LogP contribution >= 0.6 is 11.3 Å². The maximum atomic E-state index is 6.88. The molecule has 15 heteroatoms. The van der Waals surface area contributed by atoms with Crippen molar-refractivity contribution in [3.8, 4) is 0 Å². The standard InChI is InChI=1S/C32H20N10O4S/c1-2-11-33-23(8-1)32-28(20-10-17-45-39-20)27(30-34-15-18-44-30)25(21-6-3-16-43-21)26(22-7-4-19-47-22)29(32)41(24-9-14-37-40-38-24)46-42(32)31-35-12-5-13-36-31/h1-19,28H. The van der Waals surface area contributed by atoms with E-state index in [0.717, 1.165) is 10.5 Å². The molecule has 9 rings (SSSR count). The Labute approximate surface area is 269 Å². The zero-order chi connectivity index (χ0) is 31.2. The third-order valence-electron chi connectivity index (χ3n) is 7.95. The molecule has 2 aliphatic rings. The van der Waals surface area contributed by atoms with E-state index in [2.05, 4.69) is 30.5 Å². The van der Waals surface area contributed by atoms with Crippen LogP contribution in [0, 0.1) is 0 Å². The minimum atomic E-state index is -1.40. The molecule has 2 atom stereocenters. The lowest BCUT2D eigenvalue weighted by Gasteiger charge is -2.44. The van der Waals surface area contributed by atoms with Gasteiger partial charge in [-0.15, -0.1) is 26.5 Å². The van der Waals surface area contributed by atoms with Gasteiger partial charge in [0, 0.05) is 52.3 Å². The fourth-order valence-electron chi connectivity index (χ4n) is 6.30. The molecule has 0 saturated carbocycles. The second kappa shape index (κ2) is 10.9. The molecule has 0 radical (unpaired) electrons. The Morgan fingerprint density at radius 3 is 2.40 bits per heavy atom. The molecule has 14 nitrogen and oxygen atoms in total. The molecular weight excluding hydrogens is 620 g/mol. The van der Waals surface area contributed by atoms with Crippen molar-refractivity contribution < 1.29 is 18.3 Å². The number of allylic oxidation sites excluding steroid dienone is 2. The van der Waals surface area contributed by atoms with E-state index in [-0.39, 0.29) is 5.95 Å². The largest absolute Gasteiger partial charge is 0.464 e. The van der Waals surface area contributed by atoms with Crippen LogP contribution in [0.25, 0.3) is 16.7 Å². The Kier molecular flexibility index (Phi) is 6.29. The molecular formula is C32H20N10O4S. The lowest BCUT2D eigenvalue weighted by molar-refractivity contribution is 0.105. The Morgan fingerprint density at radius 2 is 1.70 bits per heavy atom. The molecule has 1 fully saturated rings. The average molecular weight is 641 g/mol. The van der Waals surface area contributed by atoms with Crippen molar-refractivity contribution in [3.05, 3.63) is 149 Å². The number of aromatic nitrogens is 8. The number of fused-ring (bicyclic) bond motifs is 1. The minimum Gasteiger partial charge on any atom is -0.464 e. The first-order chi connectivity index (χ1) is 23.4. The van der Waals surface area contributed by atoms with Gasteiger partial charge in [-0.2, -0.15) is 10.1 Å². The van der Waals surface area contributed by atoms with Crippen LogP contribution in [0.5, 0.6) is 0 Å². The van der Waals surface area contributed by atoms with Crippen molar-refractivity contribution in [1.29, 1.82) is 0 Å². The molecule has 0 aromatic carbocycles. The molecule has 2 unspecified atom stereocenters. The van der Waals surface area contributed by atoms with Gasteiger partial charge < -0.3 is 13.4 Å². The van der Waals surface area contributed by atoms with E-state index < -0.39 is 11.5 Å². The van der Waals surface area contributed by atoms with Gasteiger partial charge in [-0.05, 0) is 47.0 Å². The minimum absolute atomic E-state index is 0.243. The summed E-state index contributed by atoms with van der Waals surface area (Å²) in [6.07, 6.45) is 12.8. The molecule has 1 aliphatic carbocycles. The van der Waals surface area contributed by atoms with E-state index in [0.29, 0.717) is 45.7 Å². The number of hydrogen-bond donors (Lipinski definition) is 0. The van der Waals surface area contributed by atoms with Crippen molar-refractivity contribution in [1.82, 2.24) is 40.5 Å². The van der Waals surface area contributed by atoms with Crippen molar-refractivity contribution in [3.63, 3.8) is 0 Å². The summed E-state index contributed by atoms with van der Waals surface area (Å²) in [4.78, 5) is 26.8. The summed E-state index contributed by atoms with van der Waals surface area (Å²) in [6, 6.07) is 18.7. The molecule has 7 aromatic rings. The van der Waals surface area contributed by atoms with Crippen LogP contribution in [0.15, 0.2) is 135 Å². The van der Waals surface area contributed by atoms with E-state index in [1.54, 1.807) is 76.9 Å². The first kappa shape index (κ1) is 27.0. The van der Waals surface area contributed by atoms with Gasteiger partial charge in [-0.25, -0.2) is 15.0 Å². The van der Waals surface area contributed by atoms with Crippen molar-refractivity contribution in [2.24, 2.45) is 0 Å². The van der Waals surface area contributed by atoms with E-state index in [1.165, 1.54) is 12.5 Å². The number of nitrogens with zero attached hydrogens (tertiary/aromatic N) is 10. The molecule has 1 aliphatic heterocycles. The van der Waals surface area contributed by atoms with Gasteiger partial charge in [-0.3, -0.25) is 4.98 Å². The van der Waals surface area contributed by atoms with E-state index in [4.69, 9.17) is 28.3 Å². The normalized spacial score (nSPS) is 19.4. The van der Waals surface area contributed by atoms with Gasteiger partial charge in [0.25, 0.3) is 5.95 Å². The number of furan rings is 1. The van der Waals surface area contributed by atoms with Crippen LogP contribution in [0.2, 0.25) is 0 Å². The van der Waals surface area contributed by atoms with Gasteiger partial charge in [-0.1, -0.05) is 17.3 Å². The Balaban J connectivity index is 1.53. The number of rotatable bonds is 7. The third kappa shape index (κ3) is 4.07. The average Bonchev–Trinajstić information content (AvgIpc) is 3.97. The predicted octanol–water partition coefficient (Wildman–Crippen LogP) is 5.58. The summed E-state index contributed by atoms with van der Waals surface area (Å²) in [5, 5.41) is 22.0.